The summed E-state index contributed by atoms with van der Waals surface area (Å²) in [5.41, 5.74) is 2.85. The number of alkyl carbamates (subject to hydrolysis) is 1. The second kappa shape index (κ2) is 18.1. The monoisotopic (exact) mass is 976 g/mol. The number of carbonyl (C=O) groups is 4. The number of rotatable bonds is 8. The number of methoxy groups -OCH3 is 1. The fourth-order valence-electron chi connectivity index (χ4n) is 6.93. The molecule has 6 atom stereocenters. The first-order valence-electron chi connectivity index (χ1n) is 18.2. The molecule has 292 valence electrons. The number of ether oxygens (including phenoxy) is 1. The van der Waals surface area contributed by atoms with Crippen molar-refractivity contribution in [3.63, 3.8) is 0 Å². The van der Waals surface area contributed by atoms with Gasteiger partial charge in [-0.05, 0) is 118 Å². The van der Waals surface area contributed by atoms with Gasteiger partial charge >= 0.3 is 12.2 Å². The first kappa shape index (κ1) is 41.9. The maximum absolute atomic E-state index is 13.6. The number of halogens is 2. The van der Waals surface area contributed by atoms with Crippen molar-refractivity contribution in [3.05, 3.63) is 65.8 Å². The van der Waals surface area contributed by atoms with Crippen molar-refractivity contribution in [1.29, 1.82) is 0 Å². The molecule has 14 nitrogen and oxygen atoms in total. The number of carboxylic acid groups (broad SMARTS) is 1. The van der Waals surface area contributed by atoms with Crippen LogP contribution in [-0.2, 0) is 14.3 Å². The third-order valence-corrected chi connectivity index (χ3v) is 11.3. The Morgan fingerprint density at radius 1 is 0.764 bits per heavy atom. The van der Waals surface area contributed by atoms with Crippen LogP contribution in [-0.4, -0.2) is 91.1 Å². The average Bonchev–Trinajstić information content (AvgIpc) is 3.91. The maximum atomic E-state index is 13.6. The van der Waals surface area contributed by atoms with E-state index in [4.69, 9.17) is 14.7 Å². The lowest BCUT2D eigenvalue weighted by Crippen LogP contribution is -2.51. The minimum Gasteiger partial charge on any atom is -0.465 e. The van der Waals surface area contributed by atoms with Crippen molar-refractivity contribution in [2.45, 2.75) is 78.6 Å². The molecule has 0 bridgehead atoms. The van der Waals surface area contributed by atoms with Gasteiger partial charge in [0.2, 0.25) is 11.8 Å². The van der Waals surface area contributed by atoms with Gasteiger partial charge in [-0.1, -0.05) is 53.4 Å². The minimum atomic E-state index is -1.23. The summed E-state index contributed by atoms with van der Waals surface area (Å²) < 4.78 is 6.14. The molecule has 5 N–H and O–H groups in total. The molecule has 0 spiro atoms. The van der Waals surface area contributed by atoms with Gasteiger partial charge in [0.25, 0.3) is 0 Å². The zero-order valence-corrected chi connectivity index (χ0v) is 36.1. The van der Waals surface area contributed by atoms with Crippen molar-refractivity contribution in [1.82, 2.24) is 40.4 Å². The highest BCUT2D eigenvalue weighted by Crippen LogP contribution is 2.37. The van der Waals surface area contributed by atoms with Gasteiger partial charge in [0.15, 0.2) is 0 Å². The maximum Gasteiger partial charge on any atom is 0.407 e. The number of nitrogens with zero attached hydrogens (tertiary/aromatic N) is 4. The first-order chi connectivity index (χ1) is 26.1. The summed E-state index contributed by atoms with van der Waals surface area (Å²) in [6, 6.07) is 5.40. The largest absolute Gasteiger partial charge is 0.465 e. The van der Waals surface area contributed by atoms with Crippen molar-refractivity contribution in [3.8, 4) is 23.7 Å². The van der Waals surface area contributed by atoms with Crippen LogP contribution in [0.5, 0.6) is 0 Å². The number of nitrogens with one attached hydrogen (secondary N) is 4. The topological polar surface area (TPSA) is 186 Å². The van der Waals surface area contributed by atoms with Gasteiger partial charge in [0, 0.05) is 24.2 Å². The Kier molecular flexibility index (Phi) is 13.8. The highest BCUT2D eigenvalue weighted by atomic mass is 127. The van der Waals surface area contributed by atoms with E-state index in [-0.39, 0.29) is 47.6 Å². The van der Waals surface area contributed by atoms with E-state index in [1.54, 1.807) is 9.80 Å². The van der Waals surface area contributed by atoms with E-state index in [1.165, 1.54) is 7.11 Å². The van der Waals surface area contributed by atoms with E-state index >= 15 is 0 Å². The van der Waals surface area contributed by atoms with E-state index in [9.17, 15) is 24.3 Å². The number of H-pyrrole nitrogens is 2. The van der Waals surface area contributed by atoms with Gasteiger partial charge in [0.1, 0.15) is 42.5 Å². The zero-order valence-electron chi connectivity index (χ0n) is 31.8. The van der Waals surface area contributed by atoms with Crippen LogP contribution >= 0.6 is 45.2 Å². The van der Waals surface area contributed by atoms with E-state index in [2.05, 4.69) is 103 Å². The smallest absolute Gasteiger partial charge is 0.407 e. The Labute approximate surface area is 348 Å². The molecule has 5 rings (SSSR count). The van der Waals surface area contributed by atoms with Crippen LogP contribution in [0.2, 0.25) is 0 Å². The molecule has 0 aliphatic carbocycles. The normalized spacial score (nSPS) is 20.3. The van der Waals surface area contributed by atoms with E-state index in [0.717, 1.165) is 17.5 Å². The van der Waals surface area contributed by atoms with Gasteiger partial charge in [-0.2, -0.15) is 0 Å². The predicted octanol–water partition coefficient (Wildman–Crippen LogP) is 5.63. The highest BCUT2D eigenvalue weighted by molar-refractivity contribution is 14.1. The molecule has 2 aliphatic heterocycles. The summed E-state index contributed by atoms with van der Waals surface area (Å²) in [5.74, 6) is 13.7. The fourth-order valence-corrected chi connectivity index (χ4v) is 7.99. The van der Waals surface area contributed by atoms with Crippen molar-refractivity contribution < 1.29 is 29.0 Å². The number of hydrogen-bond donors (Lipinski definition) is 5. The van der Waals surface area contributed by atoms with Crippen LogP contribution in [0.1, 0.15) is 101 Å². The molecule has 0 unspecified atom stereocenters. The summed E-state index contributed by atoms with van der Waals surface area (Å²) in [5, 5.41) is 14.4. The van der Waals surface area contributed by atoms with Gasteiger partial charge in [-0.3, -0.25) is 9.59 Å². The Balaban J connectivity index is 1.28. The molecule has 2 fully saturated rings. The minimum absolute atomic E-state index is 0.133. The number of imidazole rings is 2. The molecule has 55 heavy (non-hydrogen) atoms. The number of carbonyl (C=O) groups excluding carboxylic acids is 3. The lowest BCUT2D eigenvalue weighted by molar-refractivity contribution is -0.136. The SMILES string of the molecule is COC(=O)N[C@H](C(=O)N1C[C@@H](C)C[C@H]1c1nc(I)c(C#Cc2ccc(C#Cc3[nH]c([C@@H]4C[C@H](C)CN4C(=O)[C@@H](NC(=O)O)C(C)C)nc3I)cc2)[nH]1)C(C)C. The molecule has 0 radical (unpaired) electrons. The van der Waals surface area contributed by atoms with Crippen LogP contribution in [0.25, 0.3) is 0 Å². The summed E-state index contributed by atoms with van der Waals surface area (Å²) in [6.07, 6.45) is -0.438. The summed E-state index contributed by atoms with van der Waals surface area (Å²) in [7, 11) is 1.28. The molecule has 3 aromatic rings. The fraction of sp³-hybridized carbons (Fsp3) is 0.487. The summed E-state index contributed by atoms with van der Waals surface area (Å²) in [4.78, 5) is 70.1. The number of aromatic amines is 2. The summed E-state index contributed by atoms with van der Waals surface area (Å²) >= 11 is 4.28. The Morgan fingerprint density at radius 2 is 1.16 bits per heavy atom. The standard InChI is InChI=1S/C39H46I2N8O6/c1-20(2)30(44-38(52)53)36(50)48-18-22(5)16-28(48)34-42-26(32(40)46-34)14-12-24-8-10-25(11-9-24)13-15-27-33(41)47-35(43-27)29-17-23(6)19-49(29)37(51)31(21(3)4)45-39(54)55-7/h8-11,20-23,28-31,44H,16-19H2,1-7H3,(H,42,46)(H,43,47)(H,45,54)(H,52,53)/t22-,23-,28-,29-,30-,31-/m0/s1. The lowest BCUT2D eigenvalue weighted by Gasteiger charge is -2.30. The van der Waals surface area contributed by atoms with Crippen LogP contribution in [0.15, 0.2) is 24.3 Å². The third-order valence-electron chi connectivity index (χ3n) is 9.73. The Bertz CT molecular complexity index is 2040. The van der Waals surface area contributed by atoms with E-state index in [1.807, 2.05) is 52.0 Å². The van der Waals surface area contributed by atoms with Crippen molar-refractivity contribution >= 4 is 69.2 Å². The number of benzene rings is 1. The molecule has 2 saturated heterocycles. The van der Waals surface area contributed by atoms with Gasteiger partial charge in [0.05, 0.1) is 19.2 Å². The molecular weight excluding hydrogens is 930 g/mol. The quantitative estimate of drug-likeness (QED) is 0.142. The van der Waals surface area contributed by atoms with Crippen molar-refractivity contribution in [2.24, 2.45) is 23.7 Å². The molecule has 1 aromatic carbocycles. The van der Waals surface area contributed by atoms with E-state index < -0.39 is 24.3 Å². The van der Waals surface area contributed by atoms with Crippen LogP contribution in [0.3, 0.4) is 0 Å². The van der Waals surface area contributed by atoms with Crippen LogP contribution in [0.4, 0.5) is 9.59 Å². The van der Waals surface area contributed by atoms with Gasteiger partial charge in [-0.25, -0.2) is 19.6 Å². The second-order valence-electron chi connectivity index (χ2n) is 14.9. The molecule has 0 saturated carbocycles. The second-order valence-corrected chi connectivity index (χ2v) is 16.9. The average molecular weight is 977 g/mol. The van der Waals surface area contributed by atoms with Gasteiger partial charge in [-0.15, -0.1) is 0 Å². The van der Waals surface area contributed by atoms with Gasteiger partial charge < -0.3 is 40.2 Å². The predicted molar refractivity (Wildman–Crippen MR) is 221 cm³/mol. The van der Waals surface area contributed by atoms with Crippen molar-refractivity contribution in [2.75, 3.05) is 20.2 Å². The number of likely N-dealkylation sites (tertiary alicyclic amines) is 2. The Morgan fingerprint density at radius 3 is 1.53 bits per heavy atom. The third kappa shape index (κ3) is 10.1. The molecule has 2 aliphatic rings. The molecule has 2 aromatic heterocycles. The van der Waals surface area contributed by atoms with E-state index in [0.29, 0.717) is 49.9 Å². The Hall–Kier alpha value is -4.30. The lowest BCUT2D eigenvalue weighted by atomic mass is 10.0. The number of hydrogen-bond acceptors (Lipinski definition) is 7. The zero-order chi connectivity index (χ0) is 40.1. The number of aromatic nitrogens is 4. The highest BCUT2D eigenvalue weighted by Gasteiger charge is 2.41. The molecular formula is C39H46I2N8O6. The molecule has 4 amide bonds. The molecule has 16 heteroatoms. The first-order valence-corrected chi connectivity index (χ1v) is 20.3. The van der Waals surface area contributed by atoms with Crippen LogP contribution in [0, 0.1) is 54.8 Å². The molecule has 4 heterocycles. The van der Waals surface area contributed by atoms with Crippen LogP contribution < -0.4 is 10.6 Å². The number of amides is 4. The summed E-state index contributed by atoms with van der Waals surface area (Å²) in [6.45, 7) is 12.6.